The van der Waals surface area contributed by atoms with Crippen LogP contribution in [0.15, 0.2) is 11.6 Å². The van der Waals surface area contributed by atoms with E-state index in [1.807, 2.05) is 6.92 Å². The first-order chi connectivity index (χ1) is 9.67. The zero-order valence-corrected chi connectivity index (χ0v) is 10.8. The van der Waals surface area contributed by atoms with Crippen molar-refractivity contribution in [2.75, 3.05) is 0 Å². The molecule has 1 saturated heterocycles. The van der Waals surface area contributed by atoms with Crippen molar-refractivity contribution >= 4 is 5.97 Å². The van der Waals surface area contributed by atoms with Gasteiger partial charge in [-0.05, 0) is 43.7 Å². The molecule has 3 heteroatoms. The molecule has 100 valence electrons. The highest BCUT2D eigenvalue weighted by Gasteiger charge is 2.61. The van der Waals surface area contributed by atoms with Gasteiger partial charge in [-0.25, -0.2) is 0 Å². The molecule has 2 aliphatic carbocycles. The normalized spacial score (nSPS) is 54.4. The van der Waals surface area contributed by atoms with Crippen LogP contribution in [0.25, 0.3) is 0 Å². The van der Waals surface area contributed by atoms with Gasteiger partial charge < -0.3 is 9.84 Å². The Morgan fingerprint density at radius 2 is 2.22 bits per heavy atom. The van der Waals surface area contributed by atoms with Gasteiger partial charge in [0.15, 0.2) is 0 Å². The highest BCUT2D eigenvalue weighted by molar-refractivity contribution is 5.76. The molecule has 1 heterocycles. The smallest absolute Gasteiger partial charge is 0.309 e. The Kier molecular flexibility index (Phi) is 1.94. The molecule has 1 spiro atoms. The lowest BCUT2D eigenvalue weighted by Gasteiger charge is -2.49. The maximum atomic E-state index is 12.1. The fourth-order valence-corrected chi connectivity index (χ4v) is 4.18. The molecule has 6 atom stereocenters. The lowest BCUT2D eigenvalue weighted by molar-refractivity contribution is -0.156. The van der Waals surface area contributed by atoms with Gasteiger partial charge in [-0.2, -0.15) is 0 Å². The molecule has 18 heavy (non-hydrogen) atoms. The monoisotopic (exact) mass is 254 g/mol. The van der Waals surface area contributed by atoms with Crippen molar-refractivity contribution < 1.29 is 18.8 Å². The summed E-state index contributed by atoms with van der Waals surface area (Å²) in [5.41, 5.74) is -0.781. The van der Waals surface area contributed by atoms with E-state index in [2.05, 4.69) is 6.92 Å². The molecular formula is C15H22O3. The van der Waals surface area contributed by atoms with E-state index < -0.39 is 18.6 Å². The van der Waals surface area contributed by atoms with Crippen molar-refractivity contribution in [1.82, 2.24) is 0 Å². The summed E-state index contributed by atoms with van der Waals surface area (Å²) in [6.45, 7) is 1.62. The molecule has 3 rings (SSSR count). The van der Waals surface area contributed by atoms with E-state index >= 15 is 0 Å². The van der Waals surface area contributed by atoms with Crippen molar-refractivity contribution in [3.05, 3.63) is 11.6 Å². The summed E-state index contributed by atoms with van der Waals surface area (Å²) in [5, 5.41) is 10.2. The summed E-state index contributed by atoms with van der Waals surface area (Å²) in [6, 6.07) is 0. The van der Waals surface area contributed by atoms with E-state index in [0.29, 0.717) is 12.3 Å². The minimum absolute atomic E-state index is 0.00579. The summed E-state index contributed by atoms with van der Waals surface area (Å²) in [6.07, 6.45) is 2.83. The molecule has 0 amide bonds. The maximum Gasteiger partial charge on any atom is 0.309 e. The van der Waals surface area contributed by atoms with Gasteiger partial charge >= 0.3 is 5.97 Å². The van der Waals surface area contributed by atoms with Crippen molar-refractivity contribution in [2.24, 2.45) is 23.7 Å². The molecule has 0 unspecified atom stereocenters. The van der Waals surface area contributed by atoms with Crippen LogP contribution in [0.2, 0.25) is 0 Å². The molecule has 1 aliphatic heterocycles. The molecule has 0 radical (unpaired) electrons. The molecule has 0 bridgehead atoms. The van der Waals surface area contributed by atoms with Crippen LogP contribution in [0, 0.1) is 23.7 Å². The number of carbonyl (C=O) groups is 1. The third-order valence-corrected chi connectivity index (χ3v) is 5.25. The second-order valence-electron chi connectivity index (χ2n) is 6.18. The summed E-state index contributed by atoms with van der Waals surface area (Å²) >= 11 is 0. The van der Waals surface area contributed by atoms with Crippen LogP contribution in [0.5, 0.6) is 0 Å². The third kappa shape index (κ3) is 1.43. The van der Waals surface area contributed by atoms with E-state index in [1.165, 1.54) is 0 Å². The van der Waals surface area contributed by atoms with Crippen LogP contribution in [-0.2, 0) is 9.53 Å². The van der Waals surface area contributed by atoms with Crippen LogP contribution in [0.4, 0.5) is 0 Å². The van der Waals surface area contributed by atoms with Crippen molar-refractivity contribution in [3.63, 3.8) is 0 Å². The van der Waals surface area contributed by atoms with Crippen LogP contribution < -0.4 is 0 Å². The predicted molar refractivity (Wildman–Crippen MR) is 67.7 cm³/mol. The van der Waals surface area contributed by atoms with Crippen LogP contribution in [-0.4, -0.2) is 22.8 Å². The second-order valence-corrected chi connectivity index (χ2v) is 6.18. The predicted octanol–water partition coefficient (Wildman–Crippen LogP) is 2.29. The summed E-state index contributed by atoms with van der Waals surface area (Å²) < 4.78 is 28.6. The largest absolute Gasteiger partial charge is 0.454 e. The van der Waals surface area contributed by atoms with E-state index in [9.17, 15) is 9.90 Å². The Labute approximate surface area is 112 Å². The number of rotatable bonds is 0. The second kappa shape index (κ2) is 3.83. The van der Waals surface area contributed by atoms with E-state index in [4.69, 9.17) is 8.85 Å². The standard InChI is InChI=1S/C15H22O3/c1-8-4-5-11-10(3)14(17)18-15(11)7-9(2)13(16)6-12(8)15/h7-8,10-13,16H,4-6H2,1-3H3/t8-,10-,11+,12+,13-,15-/m1/s1/i2+1D3. The fraction of sp³-hybridized carbons (Fsp3) is 0.800. The molecular weight excluding hydrogens is 229 g/mol. The molecule has 3 nitrogen and oxygen atoms in total. The molecule has 3 aliphatic rings. The number of hydrogen-bond acceptors (Lipinski definition) is 3. The van der Waals surface area contributed by atoms with Gasteiger partial charge in [-0.3, -0.25) is 4.79 Å². The summed E-state index contributed by atoms with van der Waals surface area (Å²) in [5.74, 6) is -0.105. The van der Waals surface area contributed by atoms with Gasteiger partial charge in [0.25, 0.3) is 0 Å². The third-order valence-electron chi connectivity index (χ3n) is 5.25. The van der Waals surface area contributed by atoms with Crippen LogP contribution in [0.1, 0.15) is 44.1 Å². The van der Waals surface area contributed by atoms with E-state index in [0.717, 1.165) is 12.8 Å². The minimum atomic E-state index is -2.34. The number of aliphatic hydroxyl groups is 1. The topological polar surface area (TPSA) is 46.5 Å². The van der Waals surface area contributed by atoms with Gasteiger partial charge in [0.05, 0.1) is 12.0 Å². The Balaban J connectivity index is 2.12. The van der Waals surface area contributed by atoms with Gasteiger partial charge in [-0.1, -0.05) is 13.8 Å². The highest BCUT2D eigenvalue weighted by atomic mass is 16.6. The molecule has 1 N–H and O–H groups in total. The fourth-order valence-electron chi connectivity index (χ4n) is 4.18. The Hall–Kier alpha value is -0.830. The first-order valence-corrected chi connectivity index (χ1v) is 6.81. The first kappa shape index (κ1) is 9.13. The average Bonchev–Trinajstić information content (AvgIpc) is 2.61. The lowest BCUT2D eigenvalue weighted by atomic mass is 9.58. The minimum Gasteiger partial charge on any atom is -0.454 e. The summed E-state index contributed by atoms with van der Waals surface area (Å²) in [4.78, 5) is 12.1. The SMILES string of the molecule is [2H][13C]([2H])([2H])C1=C[C@@]23OC(=O)[C@H](C)[C@@H]2CC[C@@H](C)[C@@H]3C[C@H]1O. The number of esters is 1. The van der Waals surface area contributed by atoms with Crippen molar-refractivity contribution in [3.8, 4) is 0 Å². The quantitative estimate of drug-likeness (QED) is 0.410. The van der Waals surface area contributed by atoms with Crippen molar-refractivity contribution in [1.29, 1.82) is 0 Å². The van der Waals surface area contributed by atoms with Crippen molar-refractivity contribution in [2.45, 2.75) is 51.7 Å². The molecule has 0 aromatic carbocycles. The van der Waals surface area contributed by atoms with Gasteiger partial charge in [0, 0.05) is 15.9 Å². The number of aliphatic hydroxyl groups excluding tert-OH is 1. The first-order valence-electron chi connectivity index (χ1n) is 8.31. The molecule has 2 fully saturated rings. The van der Waals surface area contributed by atoms with Gasteiger partial charge in [-0.15, -0.1) is 0 Å². The molecule has 0 aromatic heterocycles. The Morgan fingerprint density at radius 1 is 1.44 bits per heavy atom. The molecule has 1 saturated carbocycles. The number of hydrogen-bond donors (Lipinski definition) is 1. The zero-order chi connectivity index (χ0) is 15.6. The lowest BCUT2D eigenvalue weighted by Crippen LogP contribution is -2.52. The highest BCUT2D eigenvalue weighted by Crippen LogP contribution is 2.56. The number of carbonyl (C=O) groups excluding carboxylic acids is 1. The maximum absolute atomic E-state index is 12.1. The Bertz CT molecular complexity index is 499. The van der Waals surface area contributed by atoms with Crippen LogP contribution in [0.3, 0.4) is 0 Å². The zero-order valence-electron chi connectivity index (χ0n) is 13.8. The van der Waals surface area contributed by atoms with Gasteiger partial charge in [0.2, 0.25) is 0 Å². The van der Waals surface area contributed by atoms with E-state index in [1.54, 1.807) is 6.08 Å². The number of ether oxygens (including phenoxy) is 1. The Morgan fingerprint density at radius 3 is 2.94 bits per heavy atom. The molecule has 0 aromatic rings. The average molecular weight is 254 g/mol. The van der Waals surface area contributed by atoms with E-state index in [-0.39, 0.29) is 29.3 Å². The summed E-state index contributed by atoms with van der Waals surface area (Å²) in [7, 11) is 0. The van der Waals surface area contributed by atoms with Gasteiger partial charge in [0.1, 0.15) is 5.60 Å². The van der Waals surface area contributed by atoms with Crippen LogP contribution >= 0.6 is 0 Å².